The number of carbonyl (C=O) groups excluding carboxylic acids is 2. The molecule has 0 aromatic heterocycles. The lowest BCUT2D eigenvalue weighted by Gasteiger charge is -2.27. The number of amides is 2. The molecule has 1 aromatic carbocycles. The van der Waals surface area contributed by atoms with Crippen molar-refractivity contribution in [2.24, 2.45) is 5.92 Å². The molecule has 21 heavy (non-hydrogen) atoms. The van der Waals surface area contributed by atoms with Gasteiger partial charge in [0.2, 0.25) is 11.8 Å². The standard InChI is InChI=1S/C17H18N2O2/c1-17(13-7-3-2-4-8-13)10-15(20)19(16(17)21)14-9-5-6-12(14)11-18/h2-4,7-8,12,14H,5-6,9-10H2,1H3. The predicted octanol–water partition coefficient (Wildman–Crippen LogP) is 2.40. The fourth-order valence-electron chi connectivity index (χ4n) is 3.61. The zero-order valence-corrected chi connectivity index (χ0v) is 12.1. The van der Waals surface area contributed by atoms with Gasteiger partial charge in [-0.05, 0) is 31.7 Å². The molecule has 2 amide bonds. The van der Waals surface area contributed by atoms with Gasteiger partial charge in [-0.15, -0.1) is 0 Å². The summed E-state index contributed by atoms with van der Waals surface area (Å²) in [6.45, 7) is 1.83. The summed E-state index contributed by atoms with van der Waals surface area (Å²) in [5.74, 6) is -0.500. The minimum atomic E-state index is -0.791. The molecule has 3 rings (SSSR count). The third-order valence-corrected chi connectivity index (χ3v) is 4.85. The van der Waals surface area contributed by atoms with E-state index < -0.39 is 5.41 Å². The first-order valence-electron chi connectivity index (χ1n) is 7.39. The van der Waals surface area contributed by atoms with Crippen LogP contribution in [0.3, 0.4) is 0 Å². The number of likely N-dealkylation sites (tertiary alicyclic amines) is 1. The highest BCUT2D eigenvalue weighted by molar-refractivity contribution is 6.09. The van der Waals surface area contributed by atoms with Gasteiger partial charge in [0.25, 0.3) is 0 Å². The van der Waals surface area contributed by atoms with E-state index in [-0.39, 0.29) is 30.2 Å². The Bertz CT molecular complexity index is 619. The molecule has 4 heteroatoms. The molecule has 0 spiro atoms. The summed E-state index contributed by atoms with van der Waals surface area (Å²) in [5, 5.41) is 9.22. The zero-order chi connectivity index (χ0) is 15.0. The number of nitrogens with zero attached hydrogens (tertiary/aromatic N) is 2. The Hall–Kier alpha value is -2.15. The summed E-state index contributed by atoms with van der Waals surface area (Å²) in [4.78, 5) is 26.7. The highest BCUT2D eigenvalue weighted by Crippen LogP contribution is 2.41. The average Bonchev–Trinajstić information content (AvgIpc) is 3.04. The second-order valence-electron chi connectivity index (χ2n) is 6.18. The molecule has 2 aliphatic rings. The summed E-state index contributed by atoms with van der Waals surface area (Å²) >= 11 is 0. The van der Waals surface area contributed by atoms with E-state index in [1.165, 1.54) is 4.90 Å². The van der Waals surface area contributed by atoms with Crippen molar-refractivity contribution >= 4 is 11.8 Å². The van der Waals surface area contributed by atoms with Crippen LogP contribution in [-0.2, 0) is 15.0 Å². The molecule has 0 radical (unpaired) electrons. The molecular formula is C17H18N2O2. The zero-order valence-electron chi connectivity index (χ0n) is 12.1. The van der Waals surface area contributed by atoms with Gasteiger partial charge in [-0.3, -0.25) is 14.5 Å². The summed E-state index contributed by atoms with van der Waals surface area (Å²) < 4.78 is 0. The molecular weight excluding hydrogens is 264 g/mol. The maximum atomic E-state index is 12.9. The fourth-order valence-corrected chi connectivity index (χ4v) is 3.61. The predicted molar refractivity (Wildman–Crippen MR) is 77.0 cm³/mol. The van der Waals surface area contributed by atoms with E-state index in [0.717, 1.165) is 24.8 Å². The number of benzene rings is 1. The van der Waals surface area contributed by atoms with Crippen LogP contribution >= 0.6 is 0 Å². The molecule has 1 aliphatic carbocycles. The van der Waals surface area contributed by atoms with E-state index in [2.05, 4.69) is 6.07 Å². The van der Waals surface area contributed by atoms with E-state index in [1.807, 2.05) is 37.3 Å². The number of hydrogen-bond acceptors (Lipinski definition) is 3. The van der Waals surface area contributed by atoms with Crippen LogP contribution in [0.15, 0.2) is 30.3 Å². The van der Waals surface area contributed by atoms with Crippen LogP contribution in [-0.4, -0.2) is 22.8 Å². The Morgan fingerprint density at radius 2 is 1.95 bits per heavy atom. The van der Waals surface area contributed by atoms with Crippen molar-refractivity contribution in [3.8, 4) is 6.07 Å². The second kappa shape index (κ2) is 5.00. The van der Waals surface area contributed by atoms with Crippen LogP contribution in [0.25, 0.3) is 0 Å². The van der Waals surface area contributed by atoms with Gasteiger partial charge in [0.05, 0.1) is 23.4 Å². The molecule has 0 bridgehead atoms. The lowest BCUT2D eigenvalue weighted by atomic mass is 9.81. The molecule has 3 atom stereocenters. The number of carbonyl (C=O) groups is 2. The molecule has 1 aliphatic heterocycles. The summed E-state index contributed by atoms with van der Waals surface area (Å²) in [7, 11) is 0. The van der Waals surface area contributed by atoms with Crippen molar-refractivity contribution in [3.63, 3.8) is 0 Å². The van der Waals surface area contributed by atoms with Crippen LogP contribution in [0, 0.1) is 17.2 Å². The summed E-state index contributed by atoms with van der Waals surface area (Å²) in [5.41, 5.74) is 0.0818. The summed E-state index contributed by atoms with van der Waals surface area (Å²) in [6.07, 6.45) is 2.63. The SMILES string of the molecule is CC1(c2ccccc2)CC(=O)N(C2CCCC2C#N)C1=O. The van der Waals surface area contributed by atoms with Gasteiger partial charge in [0.15, 0.2) is 0 Å². The first-order chi connectivity index (χ1) is 10.1. The van der Waals surface area contributed by atoms with Crippen molar-refractivity contribution in [1.82, 2.24) is 4.90 Å². The lowest BCUT2D eigenvalue weighted by molar-refractivity contribution is -0.142. The number of rotatable bonds is 2. The van der Waals surface area contributed by atoms with Crippen molar-refractivity contribution in [1.29, 1.82) is 5.26 Å². The first kappa shape index (κ1) is 13.8. The topological polar surface area (TPSA) is 61.2 Å². The minimum absolute atomic E-state index is 0.140. The molecule has 2 fully saturated rings. The highest BCUT2D eigenvalue weighted by Gasteiger charge is 2.53. The first-order valence-corrected chi connectivity index (χ1v) is 7.39. The maximum Gasteiger partial charge on any atom is 0.240 e. The van der Waals surface area contributed by atoms with Crippen molar-refractivity contribution in [2.45, 2.75) is 44.1 Å². The Morgan fingerprint density at radius 1 is 1.24 bits per heavy atom. The minimum Gasteiger partial charge on any atom is -0.277 e. The van der Waals surface area contributed by atoms with Gasteiger partial charge < -0.3 is 0 Å². The second-order valence-corrected chi connectivity index (χ2v) is 6.18. The Morgan fingerprint density at radius 3 is 2.62 bits per heavy atom. The largest absolute Gasteiger partial charge is 0.277 e. The van der Waals surface area contributed by atoms with E-state index in [9.17, 15) is 14.9 Å². The van der Waals surface area contributed by atoms with E-state index in [1.54, 1.807) is 0 Å². The third kappa shape index (κ3) is 2.04. The monoisotopic (exact) mass is 282 g/mol. The fraction of sp³-hybridized carbons (Fsp3) is 0.471. The molecule has 4 nitrogen and oxygen atoms in total. The van der Waals surface area contributed by atoms with Crippen LogP contribution in [0.1, 0.15) is 38.2 Å². The summed E-state index contributed by atoms with van der Waals surface area (Å²) in [6, 6.07) is 11.5. The smallest absolute Gasteiger partial charge is 0.240 e. The van der Waals surface area contributed by atoms with Gasteiger partial charge in [0, 0.05) is 6.42 Å². The number of imide groups is 1. The molecule has 108 valence electrons. The third-order valence-electron chi connectivity index (χ3n) is 4.85. The van der Waals surface area contributed by atoms with Gasteiger partial charge >= 0.3 is 0 Å². The van der Waals surface area contributed by atoms with Crippen molar-refractivity contribution in [2.75, 3.05) is 0 Å². The average molecular weight is 282 g/mol. The number of nitriles is 1. The van der Waals surface area contributed by atoms with Crippen molar-refractivity contribution in [3.05, 3.63) is 35.9 Å². The van der Waals surface area contributed by atoms with Crippen LogP contribution in [0.2, 0.25) is 0 Å². The Labute approximate surface area is 124 Å². The highest BCUT2D eigenvalue weighted by atomic mass is 16.2. The van der Waals surface area contributed by atoms with Gasteiger partial charge in [0.1, 0.15) is 0 Å². The molecule has 3 unspecified atom stereocenters. The van der Waals surface area contributed by atoms with Crippen LogP contribution in [0.4, 0.5) is 0 Å². The van der Waals surface area contributed by atoms with E-state index >= 15 is 0 Å². The Balaban J connectivity index is 1.95. The molecule has 0 N–H and O–H groups in total. The molecule has 1 saturated heterocycles. The normalized spacial score (nSPS) is 32.5. The van der Waals surface area contributed by atoms with E-state index in [4.69, 9.17) is 0 Å². The van der Waals surface area contributed by atoms with Gasteiger partial charge in [-0.25, -0.2) is 0 Å². The van der Waals surface area contributed by atoms with Crippen molar-refractivity contribution < 1.29 is 9.59 Å². The lowest BCUT2D eigenvalue weighted by Crippen LogP contribution is -2.44. The molecule has 1 heterocycles. The van der Waals surface area contributed by atoms with E-state index in [0.29, 0.717) is 0 Å². The Kier molecular flexibility index (Phi) is 3.29. The molecule has 1 saturated carbocycles. The quantitative estimate of drug-likeness (QED) is 0.782. The molecule has 1 aromatic rings. The van der Waals surface area contributed by atoms with Gasteiger partial charge in [-0.2, -0.15) is 5.26 Å². The maximum absolute atomic E-state index is 12.9. The van der Waals surface area contributed by atoms with Crippen LogP contribution < -0.4 is 0 Å². The number of hydrogen-bond donors (Lipinski definition) is 0. The van der Waals surface area contributed by atoms with Gasteiger partial charge in [-0.1, -0.05) is 30.3 Å². The van der Waals surface area contributed by atoms with Crippen LogP contribution in [0.5, 0.6) is 0 Å².